The number of aryl methyl sites for hydroxylation is 1. The smallest absolute Gasteiger partial charge is 0.227 e. The fourth-order valence-corrected chi connectivity index (χ4v) is 3.90. The summed E-state index contributed by atoms with van der Waals surface area (Å²) in [6.45, 7) is 0.899. The summed E-state index contributed by atoms with van der Waals surface area (Å²) >= 11 is 0. The quantitative estimate of drug-likeness (QED) is 0.484. The van der Waals surface area contributed by atoms with Gasteiger partial charge in [0.1, 0.15) is 0 Å². The van der Waals surface area contributed by atoms with Gasteiger partial charge in [0.05, 0.1) is 11.4 Å². The Balaban J connectivity index is 1.26. The minimum Gasteiger partial charge on any atom is -0.339 e. The van der Waals surface area contributed by atoms with Crippen LogP contribution in [0.2, 0.25) is 0 Å². The minimum atomic E-state index is -0.0839. The summed E-state index contributed by atoms with van der Waals surface area (Å²) in [4.78, 5) is 19.3. The summed E-state index contributed by atoms with van der Waals surface area (Å²) in [5.74, 6) is 0.907. The van der Waals surface area contributed by atoms with Crippen molar-refractivity contribution in [2.75, 3.05) is 16.8 Å². The van der Waals surface area contributed by atoms with Gasteiger partial charge in [-0.25, -0.2) is 0 Å². The summed E-state index contributed by atoms with van der Waals surface area (Å²) in [5, 5.41) is 7.07. The lowest BCUT2D eigenvalue weighted by Crippen LogP contribution is -2.18. The van der Waals surface area contributed by atoms with Crippen LogP contribution in [0.5, 0.6) is 0 Å². The number of nitrogens with one attached hydrogen (secondary N) is 1. The van der Waals surface area contributed by atoms with Crippen molar-refractivity contribution in [1.82, 2.24) is 10.1 Å². The number of carbonyl (C=O) groups excluding carboxylic acids is 1. The van der Waals surface area contributed by atoms with Gasteiger partial charge in [-0.1, -0.05) is 65.8 Å². The second-order valence-corrected chi connectivity index (χ2v) is 7.47. The number of rotatable bonds is 6. The van der Waals surface area contributed by atoms with Gasteiger partial charge in [0.25, 0.3) is 0 Å². The van der Waals surface area contributed by atoms with Crippen molar-refractivity contribution in [3.63, 3.8) is 0 Å². The molecule has 2 heterocycles. The number of carbonyl (C=O) groups is 1. The standard InChI is InChI=1S/C25H22N4O2/c30-23(14-15-24-27-25(28-31-24)19-9-2-1-3-10-19)26-20-11-5-7-13-22(20)29-17-16-18-8-4-6-12-21(18)29/h1-13H,14-17H2,(H,26,30). The first-order chi connectivity index (χ1) is 15.3. The molecule has 154 valence electrons. The van der Waals surface area contributed by atoms with E-state index >= 15 is 0 Å². The zero-order chi connectivity index (χ0) is 21.0. The molecule has 1 aromatic heterocycles. The molecule has 0 atom stereocenters. The molecule has 1 aliphatic heterocycles. The average Bonchev–Trinajstić information content (AvgIpc) is 3.46. The lowest BCUT2D eigenvalue weighted by Gasteiger charge is -2.23. The van der Waals surface area contributed by atoms with Crippen molar-refractivity contribution in [2.45, 2.75) is 19.3 Å². The van der Waals surface area contributed by atoms with Crippen LogP contribution in [0.3, 0.4) is 0 Å². The molecule has 5 rings (SSSR count). The Morgan fingerprint density at radius 2 is 1.68 bits per heavy atom. The second kappa shape index (κ2) is 8.44. The Labute approximate surface area is 180 Å². The van der Waals surface area contributed by atoms with Gasteiger partial charge < -0.3 is 14.7 Å². The molecule has 0 unspecified atom stereocenters. The van der Waals surface area contributed by atoms with Crippen LogP contribution >= 0.6 is 0 Å². The van der Waals surface area contributed by atoms with Gasteiger partial charge in [0.15, 0.2) is 0 Å². The largest absolute Gasteiger partial charge is 0.339 e. The van der Waals surface area contributed by atoms with Crippen LogP contribution < -0.4 is 10.2 Å². The zero-order valence-corrected chi connectivity index (χ0v) is 17.0. The van der Waals surface area contributed by atoms with Crippen molar-refractivity contribution < 1.29 is 9.32 Å². The average molecular weight is 410 g/mol. The monoisotopic (exact) mass is 410 g/mol. The fourth-order valence-electron chi connectivity index (χ4n) is 3.90. The third kappa shape index (κ3) is 4.05. The van der Waals surface area contributed by atoms with Gasteiger partial charge in [-0.15, -0.1) is 0 Å². The molecule has 0 bridgehead atoms. The van der Waals surface area contributed by atoms with E-state index in [2.05, 4.69) is 38.6 Å². The van der Waals surface area contributed by atoms with Crippen molar-refractivity contribution in [3.8, 4) is 11.4 Å². The van der Waals surface area contributed by atoms with E-state index in [0.717, 1.165) is 29.9 Å². The third-order valence-corrected chi connectivity index (χ3v) is 5.42. The van der Waals surface area contributed by atoms with Crippen LogP contribution in [0.1, 0.15) is 17.9 Å². The Morgan fingerprint density at radius 3 is 2.55 bits per heavy atom. The van der Waals surface area contributed by atoms with Gasteiger partial charge >= 0.3 is 0 Å². The van der Waals surface area contributed by atoms with Crippen LogP contribution in [0.4, 0.5) is 17.1 Å². The first-order valence-electron chi connectivity index (χ1n) is 10.4. The molecule has 0 radical (unpaired) electrons. The van der Waals surface area contributed by atoms with E-state index < -0.39 is 0 Å². The molecule has 31 heavy (non-hydrogen) atoms. The summed E-state index contributed by atoms with van der Waals surface area (Å²) in [6, 6.07) is 26.0. The molecule has 1 N–H and O–H groups in total. The van der Waals surface area contributed by atoms with Gasteiger partial charge in [-0.3, -0.25) is 4.79 Å². The van der Waals surface area contributed by atoms with Crippen LogP contribution in [0, 0.1) is 0 Å². The van der Waals surface area contributed by atoms with Crippen molar-refractivity contribution >= 4 is 23.0 Å². The van der Waals surface area contributed by atoms with Gasteiger partial charge in [0.2, 0.25) is 17.6 Å². The third-order valence-electron chi connectivity index (χ3n) is 5.42. The number of para-hydroxylation sites is 3. The second-order valence-electron chi connectivity index (χ2n) is 7.47. The first-order valence-corrected chi connectivity index (χ1v) is 10.4. The Morgan fingerprint density at radius 1 is 0.935 bits per heavy atom. The topological polar surface area (TPSA) is 71.3 Å². The SMILES string of the molecule is O=C(CCc1nc(-c2ccccc2)no1)Nc1ccccc1N1CCc2ccccc21. The summed E-state index contributed by atoms with van der Waals surface area (Å²) in [5.41, 5.74) is 5.23. The fraction of sp³-hybridized carbons (Fsp3) is 0.160. The molecule has 6 nitrogen and oxygen atoms in total. The molecule has 6 heteroatoms. The van der Waals surface area contributed by atoms with Crippen LogP contribution in [0.25, 0.3) is 11.4 Å². The van der Waals surface area contributed by atoms with E-state index in [9.17, 15) is 4.79 Å². The highest BCUT2D eigenvalue weighted by molar-refractivity contribution is 5.95. The summed E-state index contributed by atoms with van der Waals surface area (Å²) < 4.78 is 5.31. The van der Waals surface area contributed by atoms with Crippen LogP contribution in [0.15, 0.2) is 83.4 Å². The van der Waals surface area contributed by atoms with E-state index in [1.165, 1.54) is 11.3 Å². The number of benzene rings is 3. The van der Waals surface area contributed by atoms with E-state index in [4.69, 9.17) is 4.52 Å². The Hall–Kier alpha value is -3.93. The van der Waals surface area contributed by atoms with Gasteiger partial charge in [-0.2, -0.15) is 4.98 Å². The van der Waals surface area contributed by atoms with E-state index in [0.29, 0.717) is 18.1 Å². The Kier molecular flexibility index (Phi) is 5.19. The number of hydrogen-bond acceptors (Lipinski definition) is 5. The molecule has 3 aromatic carbocycles. The maximum absolute atomic E-state index is 12.7. The molecule has 0 spiro atoms. The highest BCUT2D eigenvalue weighted by Gasteiger charge is 2.22. The predicted molar refractivity (Wildman–Crippen MR) is 120 cm³/mol. The van der Waals surface area contributed by atoms with Crippen molar-refractivity contribution in [3.05, 3.63) is 90.3 Å². The van der Waals surface area contributed by atoms with E-state index in [1.807, 2.05) is 60.7 Å². The molecular weight excluding hydrogens is 388 g/mol. The van der Waals surface area contributed by atoms with E-state index in [1.54, 1.807) is 0 Å². The van der Waals surface area contributed by atoms with E-state index in [-0.39, 0.29) is 12.3 Å². The maximum atomic E-state index is 12.7. The number of amides is 1. The van der Waals surface area contributed by atoms with Crippen LogP contribution in [-0.4, -0.2) is 22.6 Å². The number of hydrogen-bond donors (Lipinski definition) is 1. The number of nitrogens with zero attached hydrogens (tertiary/aromatic N) is 3. The van der Waals surface area contributed by atoms with Crippen LogP contribution in [-0.2, 0) is 17.6 Å². The molecule has 0 fully saturated rings. The molecule has 4 aromatic rings. The molecular formula is C25H22N4O2. The van der Waals surface area contributed by atoms with Gasteiger partial charge in [0, 0.05) is 30.6 Å². The minimum absolute atomic E-state index is 0.0839. The Bertz CT molecular complexity index is 1200. The van der Waals surface area contributed by atoms with Crippen molar-refractivity contribution in [1.29, 1.82) is 0 Å². The molecule has 0 aliphatic carbocycles. The number of fused-ring (bicyclic) bond motifs is 1. The van der Waals surface area contributed by atoms with Gasteiger partial charge in [-0.05, 0) is 30.2 Å². The predicted octanol–water partition coefficient (Wildman–Crippen LogP) is 5.00. The summed E-state index contributed by atoms with van der Waals surface area (Å²) in [6.07, 6.45) is 1.65. The lowest BCUT2D eigenvalue weighted by atomic mass is 10.1. The zero-order valence-electron chi connectivity index (χ0n) is 17.0. The first kappa shape index (κ1) is 19.1. The highest BCUT2D eigenvalue weighted by Crippen LogP contribution is 2.38. The molecule has 1 amide bonds. The number of aromatic nitrogens is 2. The molecule has 0 saturated carbocycles. The number of anilines is 3. The van der Waals surface area contributed by atoms with Crippen molar-refractivity contribution in [2.24, 2.45) is 0 Å². The summed E-state index contributed by atoms with van der Waals surface area (Å²) in [7, 11) is 0. The highest BCUT2D eigenvalue weighted by atomic mass is 16.5. The normalized spacial score (nSPS) is 12.6. The maximum Gasteiger partial charge on any atom is 0.227 e. The molecule has 1 aliphatic rings. The lowest BCUT2D eigenvalue weighted by molar-refractivity contribution is -0.116. The molecule has 0 saturated heterocycles.